The summed E-state index contributed by atoms with van der Waals surface area (Å²) in [6.45, 7) is 27.1. The Labute approximate surface area is 309 Å². The highest BCUT2D eigenvalue weighted by Gasteiger charge is 2.50. The van der Waals surface area contributed by atoms with E-state index in [1.807, 2.05) is 19.9 Å². The standard InChI is InChI=1S/C43H60O6Si2/c1-12-46-42(44)35(5)31-36-30-34(4)40(49-36)41(47-32-45-28-29-50(9,10)11)39(33(2)3)26-20-15-21-27-48-51(43(6,7)8,37-22-16-13-17-23-37)38-24-18-14-19-25-38/h13-14,16-19,22-25,30-31,39,41H,2,12,20,26-29,32H2,1,3-11H3/b35-31-/t39-,41+/m0/s1. The molecular formula is C43H60O6Si2. The molecule has 0 saturated heterocycles. The SMILES string of the molecule is C=C(C)[C@H](CCC#CCO[Si](c1ccccc1)(c1ccccc1)C(C)(C)C)[C@@H](OCOCC[Si](C)(C)C)c1oc(/C=C(/C)C(=O)OCC)cc1C. The van der Waals surface area contributed by atoms with Gasteiger partial charge in [0.25, 0.3) is 8.32 Å². The average Bonchev–Trinajstić information content (AvgIpc) is 3.43. The quantitative estimate of drug-likeness (QED) is 0.0247. The van der Waals surface area contributed by atoms with E-state index in [-0.39, 0.29) is 23.7 Å². The Bertz CT molecular complexity index is 1600. The predicted octanol–water partition coefficient (Wildman–Crippen LogP) is 9.48. The van der Waals surface area contributed by atoms with E-state index in [1.54, 1.807) is 19.9 Å². The molecule has 0 unspecified atom stereocenters. The molecule has 0 fully saturated rings. The van der Waals surface area contributed by atoms with Crippen LogP contribution < -0.4 is 10.4 Å². The first-order valence-corrected chi connectivity index (χ1v) is 23.7. The minimum absolute atomic E-state index is 0.0784. The third-order valence-electron chi connectivity index (χ3n) is 9.00. The third-order valence-corrected chi connectivity index (χ3v) is 15.7. The topological polar surface area (TPSA) is 67.1 Å². The van der Waals surface area contributed by atoms with Crippen LogP contribution in [0.4, 0.5) is 0 Å². The number of esters is 1. The summed E-state index contributed by atoms with van der Waals surface area (Å²) in [5, 5.41) is 2.36. The van der Waals surface area contributed by atoms with Gasteiger partial charge in [-0.1, -0.05) is 119 Å². The van der Waals surface area contributed by atoms with Crippen LogP contribution in [-0.4, -0.2) is 49.0 Å². The summed E-state index contributed by atoms with van der Waals surface area (Å²) in [5.41, 5.74) is 2.38. The van der Waals surface area contributed by atoms with Gasteiger partial charge in [0, 0.05) is 32.6 Å². The highest BCUT2D eigenvalue weighted by atomic mass is 28.4. The number of hydrogen-bond acceptors (Lipinski definition) is 6. The van der Waals surface area contributed by atoms with Gasteiger partial charge < -0.3 is 23.1 Å². The van der Waals surface area contributed by atoms with Crippen molar-refractivity contribution in [2.75, 3.05) is 26.6 Å². The van der Waals surface area contributed by atoms with Crippen LogP contribution in [0, 0.1) is 24.7 Å². The third kappa shape index (κ3) is 12.0. The first-order chi connectivity index (χ1) is 24.1. The summed E-state index contributed by atoms with van der Waals surface area (Å²) in [6.07, 6.45) is 2.62. The van der Waals surface area contributed by atoms with Gasteiger partial charge in [0.1, 0.15) is 24.4 Å². The van der Waals surface area contributed by atoms with Crippen molar-refractivity contribution in [3.05, 3.63) is 102 Å². The Balaban J connectivity index is 1.84. The molecule has 276 valence electrons. The molecule has 8 heteroatoms. The van der Waals surface area contributed by atoms with Crippen LogP contribution in [0.3, 0.4) is 0 Å². The number of furan rings is 1. The molecule has 0 aliphatic carbocycles. The van der Waals surface area contributed by atoms with Crippen LogP contribution in [-0.2, 0) is 23.4 Å². The second-order valence-electron chi connectivity index (χ2n) is 15.5. The zero-order valence-electron chi connectivity index (χ0n) is 32.7. The second kappa shape index (κ2) is 19.4. The highest BCUT2D eigenvalue weighted by Crippen LogP contribution is 2.38. The smallest absolute Gasteiger partial charge is 0.333 e. The summed E-state index contributed by atoms with van der Waals surface area (Å²) in [5.74, 6) is 7.58. The van der Waals surface area contributed by atoms with Gasteiger partial charge in [0.05, 0.1) is 13.2 Å². The van der Waals surface area contributed by atoms with Gasteiger partial charge in [-0.15, -0.1) is 5.92 Å². The highest BCUT2D eigenvalue weighted by molar-refractivity contribution is 6.99. The fraction of sp³-hybridized carbons (Fsp3) is 0.465. The zero-order valence-corrected chi connectivity index (χ0v) is 34.7. The molecule has 0 aliphatic rings. The Morgan fingerprint density at radius 3 is 2.12 bits per heavy atom. The maximum Gasteiger partial charge on any atom is 0.333 e. The van der Waals surface area contributed by atoms with Crippen molar-refractivity contribution in [2.24, 2.45) is 5.92 Å². The molecule has 1 heterocycles. The van der Waals surface area contributed by atoms with Crippen molar-refractivity contribution in [3.63, 3.8) is 0 Å². The van der Waals surface area contributed by atoms with E-state index < -0.39 is 22.5 Å². The van der Waals surface area contributed by atoms with Gasteiger partial charge in [-0.25, -0.2) is 4.79 Å². The molecule has 3 rings (SSSR count). The van der Waals surface area contributed by atoms with Gasteiger partial charge in [0.2, 0.25) is 0 Å². The molecule has 51 heavy (non-hydrogen) atoms. The summed E-state index contributed by atoms with van der Waals surface area (Å²) < 4.78 is 31.0. The molecule has 2 aromatic carbocycles. The average molecular weight is 729 g/mol. The largest absolute Gasteiger partial charge is 0.463 e. The van der Waals surface area contributed by atoms with E-state index in [2.05, 4.69) is 119 Å². The van der Waals surface area contributed by atoms with E-state index >= 15 is 0 Å². The lowest BCUT2D eigenvalue weighted by molar-refractivity contribution is -0.138. The molecule has 0 amide bonds. The normalized spacial score (nSPS) is 13.6. The molecule has 1 aromatic heterocycles. The lowest BCUT2D eigenvalue weighted by atomic mass is 9.88. The molecular weight excluding hydrogens is 669 g/mol. The van der Waals surface area contributed by atoms with E-state index in [1.165, 1.54) is 10.4 Å². The summed E-state index contributed by atoms with van der Waals surface area (Å²) in [7, 11) is -3.91. The molecule has 6 nitrogen and oxygen atoms in total. The monoisotopic (exact) mass is 728 g/mol. The van der Waals surface area contributed by atoms with Crippen LogP contribution in [0.5, 0.6) is 0 Å². The second-order valence-corrected chi connectivity index (χ2v) is 25.4. The van der Waals surface area contributed by atoms with Gasteiger partial charge in [-0.3, -0.25) is 0 Å². The van der Waals surface area contributed by atoms with Gasteiger partial charge in [-0.2, -0.15) is 0 Å². The molecule has 0 N–H and O–H groups in total. The lowest BCUT2D eigenvalue weighted by Gasteiger charge is -2.42. The summed E-state index contributed by atoms with van der Waals surface area (Å²) in [4.78, 5) is 12.3. The summed E-state index contributed by atoms with van der Waals surface area (Å²) in [6, 6.07) is 24.2. The minimum atomic E-state index is -2.67. The number of benzene rings is 2. The fourth-order valence-corrected chi connectivity index (χ4v) is 11.5. The van der Waals surface area contributed by atoms with Crippen molar-refractivity contribution in [1.29, 1.82) is 0 Å². The first-order valence-electron chi connectivity index (χ1n) is 18.1. The van der Waals surface area contributed by atoms with Crippen LogP contribution in [0.25, 0.3) is 6.08 Å². The van der Waals surface area contributed by atoms with E-state index in [0.29, 0.717) is 49.8 Å². The number of carbonyl (C=O) groups is 1. The van der Waals surface area contributed by atoms with Gasteiger partial charge >= 0.3 is 5.97 Å². The molecule has 0 spiro atoms. The maximum atomic E-state index is 12.3. The van der Waals surface area contributed by atoms with Crippen LogP contribution in [0.15, 0.2) is 88.9 Å². The fourth-order valence-electron chi connectivity index (χ4n) is 6.25. The summed E-state index contributed by atoms with van der Waals surface area (Å²) >= 11 is 0. The lowest BCUT2D eigenvalue weighted by Crippen LogP contribution is -2.66. The van der Waals surface area contributed by atoms with Crippen LogP contribution in [0.2, 0.25) is 30.7 Å². The Kier molecular flexibility index (Phi) is 16.0. The Hall–Kier alpha value is -3.46. The maximum absolute atomic E-state index is 12.3. The van der Waals surface area contributed by atoms with Crippen molar-refractivity contribution < 1.29 is 27.8 Å². The minimum Gasteiger partial charge on any atom is -0.463 e. The van der Waals surface area contributed by atoms with Crippen molar-refractivity contribution >= 4 is 38.8 Å². The Morgan fingerprint density at radius 1 is 0.980 bits per heavy atom. The number of carbonyl (C=O) groups excluding carboxylic acids is 1. The van der Waals surface area contributed by atoms with Gasteiger partial charge in [0.15, 0.2) is 0 Å². The van der Waals surface area contributed by atoms with E-state index in [9.17, 15) is 4.79 Å². The number of rotatable bonds is 18. The van der Waals surface area contributed by atoms with E-state index in [0.717, 1.165) is 17.2 Å². The molecule has 0 aliphatic heterocycles. The first kappa shape index (κ1) is 42.0. The Morgan fingerprint density at radius 2 is 1.59 bits per heavy atom. The zero-order chi connectivity index (χ0) is 37.7. The van der Waals surface area contributed by atoms with Crippen molar-refractivity contribution in [2.45, 2.75) is 98.1 Å². The van der Waals surface area contributed by atoms with Crippen LogP contribution >= 0.6 is 0 Å². The van der Waals surface area contributed by atoms with Crippen LogP contribution in [0.1, 0.15) is 77.6 Å². The van der Waals surface area contributed by atoms with Crippen molar-refractivity contribution in [1.82, 2.24) is 0 Å². The number of hydrogen-bond donors (Lipinski definition) is 0. The van der Waals surface area contributed by atoms with Crippen molar-refractivity contribution in [3.8, 4) is 11.8 Å². The molecule has 0 bridgehead atoms. The number of ether oxygens (including phenoxy) is 3. The molecule has 3 aromatic rings. The van der Waals surface area contributed by atoms with E-state index in [4.69, 9.17) is 23.1 Å². The molecule has 0 radical (unpaired) electrons. The number of aryl methyl sites for hydroxylation is 1. The molecule has 2 atom stereocenters. The van der Waals surface area contributed by atoms with Gasteiger partial charge in [-0.05, 0) is 73.3 Å². The molecule has 0 saturated carbocycles. The predicted molar refractivity (Wildman–Crippen MR) is 215 cm³/mol.